The Morgan fingerprint density at radius 1 is 1.00 bits per heavy atom. The van der Waals surface area contributed by atoms with Crippen molar-refractivity contribution in [3.8, 4) is 5.75 Å². The fourth-order valence-electron chi connectivity index (χ4n) is 6.09. The van der Waals surface area contributed by atoms with Crippen molar-refractivity contribution in [2.75, 3.05) is 20.2 Å². The fourth-order valence-corrected chi connectivity index (χ4v) is 6.09. The molecule has 0 radical (unpaired) electrons. The number of fused-ring (bicyclic) bond motifs is 4. The number of ether oxygens (including phenoxy) is 1. The van der Waals surface area contributed by atoms with E-state index in [-0.39, 0.29) is 0 Å². The van der Waals surface area contributed by atoms with E-state index < -0.39 is 0 Å². The van der Waals surface area contributed by atoms with Gasteiger partial charge in [-0.2, -0.15) is 0 Å². The molecular weight excluding hydrogens is 360 g/mol. The molecule has 2 aromatic rings. The largest absolute Gasteiger partial charge is 0.497 e. The molecule has 1 aliphatic carbocycles. The van der Waals surface area contributed by atoms with Gasteiger partial charge in [0, 0.05) is 35.2 Å². The van der Waals surface area contributed by atoms with Gasteiger partial charge >= 0.3 is 0 Å². The van der Waals surface area contributed by atoms with E-state index in [4.69, 9.17) is 4.74 Å². The van der Waals surface area contributed by atoms with Crippen LogP contribution in [-0.2, 0) is 13.1 Å². The number of hydrogen-bond acceptors (Lipinski definition) is 2. The second kappa shape index (κ2) is 7.98. The van der Waals surface area contributed by atoms with Gasteiger partial charge in [-0.1, -0.05) is 25.3 Å². The van der Waals surface area contributed by atoms with Gasteiger partial charge in [0.25, 0.3) is 5.56 Å². The normalized spacial score (nSPS) is 26.7. The molecule has 1 aromatic carbocycles. The molecule has 2 fully saturated rings. The topological polar surface area (TPSA) is 35.7 Å². The molecule has 4 nitrogen and oxygen atoms in total. The first-order chi connectivity index (χ1) is 14.2. The summed E-state index contributed by atoms with van der Waals surface area (Å²) in [5, 5.41) is 0. The highest BCUT2D eigenvalue weighted by Crippen LogP contribution is 2.34. The summed E-state index contributed by atoms with van der Waals surface area (Å²) >= 11 is 0. The van der Waals surface area contributed by atoms with Crippen molar-refractivity contribution in [3.05, 3.63) is 63.6 Å². The van der Waals surface area contributed by atoms with Crippen molar-refractivity contribution in [2.45, 2.75) is 63.5 Å². The first-order valence-electron chi connectivity index (χ1n) is 11.4. The molecule has 2 bridgehead atoms. The minimum absolute atomic E-state index is 0.322. The lowest BCUT2D eigenvalue weighted by Crippen LogP contribution is -3.13. The van der Waals surface area contributed by atoms with Crippen molar-refractivity contribution in [1.82, 2.24) is 4.57 Å². The number of nitrogens with one attached hydrogen (secondary N) is 1. The monoisotopic (exact) mass is 393 g/mol. The SMILES string of the molecule is COc1ccc(C[NH+]2C[C@@H]3C[C@H](C2)c2ccc(C4CCCCC4)c(=O)n2C3)cc1. The zero-order valence-corrected chi connectivity index (χ0v) is 17.5. The number of likely N-dealkylation sites (tertiary alicyclic amines) is 1. The highest BCUT2D eigenvalue weighted by molar-refractivity contribution is 5.27. The number of hydrogen-bond donors (Lipinski definition) is 1. The second-order valence-corrected chi connectivity index (χ2v) is 9.45. The Labute approximate surface area is 173 Å². The summed E-state index contributed by atoms with van der Waals surface area (Å²) in [6.07, 6.45) is 7.53. The van der Waals surface area contributed by atoms with E-state index >= 15 is 0 Å². The van der Waals surface area contributed by atoms with Crippen LogP contribution < -0.4 is 15.2 Å². The van der Waals surface area contributed by atoms with Crippen LogP contribution in [0.15, 0.2) is 41.2 Å². The molecule has 0 spiro atoms. The van der Waals surface area contributed by atoms with Crippen LogP contribution in [0.3, 0.4) is 0 Å². The maximum absolute atomic E-state index is 13.3. The Kier molecular flexibility index (Phi) is 5.21. The number of rotatable bonds is 4. The molecule has 1 unspecified atom stereocenters. The summed E-state index contributed by atoms with van der Waals surface area (Å²) < 4.78 is 7.44. The molecule has 3 heterocycles. The van der Waals surface area contributed by atoms with Crippen LogP contribution >= 0.6 is 0 Å². The Morgan fingerprint density at radius 2 is 1.79 bits per heavy atom. The number of aromatic nitrogens is 1. The average Bonchev–Trinajstić information content (AvgIpc) is 2.76. The van der Waals surface area contributed by atoms with Gasteiger partial charge in [-0.3, -0.25) is 4.79 Å². The molecule has 4 heteroatoms. The standard InChI is InChI=1S/C25H32N2O2/c1-29-22-9-7-18(8-10-22)14-26-15-19-13-21(17-26)24-12-11-23(25(28)27(24)16-19)20-5-3-2-4-6-20/h7-12,19-21H,2-6,13-17H2,1H3/p+1/t19-,21+/m0/s1. The Balaban J connectivity index is 1.35. The smallest absolute Gasteiger partial charge is 0.254 e. The maximum Gasteiger partial charge on any atom is 0.254 e. The van der Waals surface area contributed by atoms with Gasteiger partial charge in [-0.05, 0) is 55.5 Å². The van der Waals surface area contributed by atoms with Crippen molar-refractivity contribution in [3.63, 3.8) is 0 Å². The number of nitrogens with zero attached hydrogens (tertiary/aromatic N) is 1. The van der Waals surface area contributed by atoms with Gasteiger partial charge in [0.1, 0.15) is 12.3 Å². The zero-order valence-electron chi connectivity index (χ0n) is 17.5. The van der Waals surface area contributed by atoms with Gasteiger partial charge < -0.3 is 14.2 Å². The number of benzene rings is 1. The Bertz CT molecular complexity index is 911. The van der Waals surface area contributed by atoms with Crippen LogP contribution in [0.5, 0.6) is 5.75 Å². The Hall–Kier alpha value is -2.07. The van der Waals surface area contributed by atoms with Crippen LogP contribution in [0.2, 0.25) is 0 Å². The number of quaternary nitrogens is 1. The first kappa shape index (κ1) is 18.9. The van der Waals surface area contributed by atoms with E-state index in [2.05, 4.69) is 41.0 Å². The summed E-state index contributed by atoms with van der Waals surface area (Å²) in [6, 6.07) is 13.0. The molecular formula is C25H33N2O2+. The van der Waals surface area contributed by atoms with Gasteiger partial charge in [-0.25, -0.2) is 0 Å². The minimum atomic E-state index is 0.322. The van der Waals surface area contributed by atoms with Crippen LogP contribution in [-0.4, -0.2) is 24.8 Å². The molecule has 0 amide bonds. The lowest BCUT2D eigenvalue weighted by molar-refractivity contribution is -0.924. The third-order valence-electron chi connectivity index (χ3n) is 7.48. The number of pyridine rings is 1. The molecule has 1 saturated carbocycles. The predicted molar refractivity (Wildman–Crippen MR) is 115 cm³/mol. The van der Waals surface area contributed by atoms with E-state index in [1.54, 1.807) is 12.0 Å². The maximum atomic E-state index is 13.3. The molecule has 29 heavy (non-hydrogen) atoms. The van der Waals surface area contributed by atoms with E-state index in [1.165, 1.54) is 56.3 Å². The molecule has 5 rings (SSSR count). The highest BCUT2D eigenvalue weighted by Gasteiger charge is 2.37. The molecule has 3 aliphatic rings. The number of methoxy groups -OCH3 is 1. The van der Waals surface area contributed by atoms with E-state index in [0.717, 1.165) is 30.9 Å². The molecule has 1 aromatic heterocycles. The fraction of sp³-hybridized carbons (Fsp3) is 0.560. The second-order valence-electron chi connectivity index (χ2n) is 9.45. The molecule has 1 N–H and O–H groups in total. The van der Waals surface area contributed by atoms with Crippen LogP contribution in [0.1, 0.15) is 67.2 Å². The first-order valence-corrected chi connectivity index (χ1v) is 11.4. The van der Waals surface area contributed by atoms with Crippen molar-refractivity contribution in [1.29, 1.82) is 0 Å². The summed E-state index contributed by atoms with van der Waals surface area (Å²) in [7, 11) is 1.71. The lowest BCUT2D eigenvalue weighted by atomic mass is 9.81. The zero-order chi connectivity index (χ0) is 19.8. The quantitative estimate of drug-likeness (QED) is 0.866. The van der Waals surface area contributed by atoms with Gasteiger partial charge in [-0.15, -0.1) is 0 Å². The third kappa shape index (κ3) is 3.75. The predicted octanol–water partition coefficient (Wildman–Crippen LogP) is 3.11. The summed E-state index contributed by atoms with van der Waals surface area (Å²) in [5.74, 6) is 2.55. The highest BCUT2D eigenvalue weighted by atomic mass is 16.5. The number of piperidine rings is 1. The third-order valence-corrected chi connectivity index (χ3v) is 7.48. The lowest BCUT2D eigenvalue weighted by Gasteiger charge is -2.40. The van der Waals surface area contributed by atoms with Gasteiger partial charge in [0.05, 0.1) is 20.2 Å². The van der Waals surface area contributed by atoms with Crippen LogP contribution in [0.4, 0.5) is 0 Å². The summed E-state index contributed by atoms with van der Waals surface area (Å²) in [4.78, 5) is 15.0. The van der Waals surface area contributed by atoms with E-state index in [1.807, 2.05) is 0 Å². The molecule has 154 valence electrons. The molecule has 1 saturated heterocycles. The van der Waals surface area contributed by atoms with Crippen molar-refractivity contribution < 1.29 is 9.64 Å². The van der Waals surface area contributed by atoms with Crippen molar-refractivity contribution >= 4 is 0 Å². The van der Waals surface area contributed by atoms with Crippen molar-refractivity contribution in [2.24, 2.45) is 5.92 Å². The van der Waals surface area contributed by atoms with Crippen LogP contribution in [0, 0.1) is 5.92 Å². The van der Waals surface area contributed by atoms with Crippen LogP contribution in [0.25, 0.3) is 0 Å². The molecule has 3 atom stereocenters. The van der Waals surface area contributed by atoms with E-state index in [9.17, 15) is 4.79 Å². The Morgan fingerprint density at radius 3 is 2.55 bits per heavy atom. The van der Waals surface area contributed by atoms with E-state index in [0.29, 0.717) is 23.3 Å². The summed E-state index contributed by atoms with van der Waals surface area (Å²) in [5.41, 5.74) is 4.07. The van der Waals surface area contributed by atoms with Gasteiger partial charge in [0.15, 0.2) is 0 Å². The minimum Gasteiger partial charge on any atom is -0.497 e. The average molecular weight is 394 g/mol. The molecule has 2 aliphatic heterocycles. The van der Waals surface area contributed by atoms with Gasteiger partial charge in [0.2, 0.25) is 0 Å². The summed E-state index contributed by atoms with van der Waals surface area (Å²) in [6.45, 7) is 4.27.